The predicted molar refractivity (Wildman–Crippen MR) is 88.9 cm³/mol. The van der Waals surface area contributed by atoms with E-state index in [4.69, 9.17) is 0 Å². The van der Waals surface area contributed by atoms with Crippen LogP contribution in [0.5, 0.6) is 0 Å². The van der Waals surface area contributed by atoms with E-state index in [9.17, 15) is 13.2 Å². The average Bonchev–Trinajstić information content (AvgIpc) is 3.09. The Balaban J connectivity index is 1.88. The van der Waals surface area contributed by atoms with E-state index >= 15 is 0 Å². The summed E-state index contributed by atoms with van der Waals surface area (Å²) in [7, 11) is 0. The van der Waals surface area contributed by atoms with Gasteiger partial charge in [0.05, 0.1) is 17.0 Å². The number of hydrogen-bond donors (Lipinski definition) is 0. The molecular weight excluding hydrogens is 327 g/mol. The summed E-state index contributed by atoms with van der Waals surface area (Å²) in [5.74, 6) is 0.497. The quantitative estimate of drug-likeness (QED) is 0.510. The van der Waals surface area contributed by atoms with Gasteiger partial charge in [0.15, 0.2) is 0 Å². The van der Waals surface area contributed by atoms with Crippen molar-refractivity contribution in [3.8, 4) is 22.5 Å². The van der Waals surface area contributed by atoms with E-state index in [0.717, 1.165) is 23.4 Å². The summed E-state index contributed by atoms with van der Waals surface area (Å²) in [5.41, 5.74) is 2.36. The van der Waals surface area contributed by atoms with Gasteiger partial charge in [-0.2, -0.15) is 13.2 Å². The highest BCUT2D eigenvalue weighted by molar-refractivity contribution is 5.71. The number of aromatic nitrogens is 3. The monoisotopic (exact) mass is 339 g/mol. The molecule has 0 N–H and O–H groups in total. The fourth-order valence-corrected chi connectivity index (χ4v) is 2.71. The van der Waals surface area contributed by atoms with Gasteiger partial charge >= 0.3 is 6.18 Å². The minimum absolute atomic E-state index is 0.497. The normalized spacial score (nSPS) is 11.8. The zero-order valence-corrected chi connectivity index (χ0v) is 12.9. The first-order valence-electron chi connectivity index (χ1n) is 7.59. The third kappa shape index (κ3) is 2.87. The first-order chi connectivity index (χ1) is 12.0. The van der Waals surface area contributed by atoms with Gasteiger partial charge in [0.1, 0.15) is 0 Å². The van der Waals surface area contributed by atoms with Gasteiger partial charge in [-0.1, -0.05) is 42.5 Å². The van der Waals surface area contributed by atoms with Crippen molar-refractivity contribution in [1.29, 1.82) is 0 Å². The standard InChI is InChI=1S/C19H12F3N3/c20-19(21,22)15-8-6-14(7-9-15)17-12-16(13-4-2-1-3-5-13)24-18-23-10-11-25(17)18/h1-12H. The molecule has 0 amide bonds. The molecule has 124 valence electrons. The van der Waals surface area contributed by atoms with Crippen LogP contribution in [0, 0.1) is 0 Å². The van der Waals surface area contributed by atoms with Gasteiger partial charge in [0, 0.05) is 18.0 Å². The average molecular weight is 339 g/mol. The minimum atomic E-state index is -4.35. The van der Waals surface area contributed by atoms with Crippen LogP contribution in [0.3, 0.4) is 0 Å². The fraction of sp³-hybridized carbons (Fsp3) is 0.0526. The van der Waals surface area contributed by atoms with Crippen molar-refractivity contribution in [2.75, 3.05) is 0 Å². The molecule has 3 nitrogen and oxygen atoms in total. The summed E-state index contributed by atoms with van der Waals surface area (Å²) in [6, 6.07) is 16.5. The highest BCUT2D eigenvalue weighted by Gasteiger charge is 2.30. The second kappa shape index (κ2) is 5.73. The van der Waals surface area contributed by atoms with Gasteiger partial charge in [-0.3, -0.25) is 4.40 Å². The summed E-state index contributed by atoms with van der Waals surface area (Å²) < 4.78 is 40.1. The largest absolute Gasteiger partial charge is 0.416 e. The van der Waals surface area contributed by atoms with Crippen LogP contribution in [0.4, 0.5) is 13.2 Å². The van der Waals surface area contributed by atoms with Gasteiger partial charge in [0.25, 0.3) is 0 Å². The maximum absolute atomic E-state index is 12.8. The third-order valence-corrected chi connectivity index (χ3v) is 3.95. The molecule has 0 radical (unpaired) electrons. The van der Waals surface area contributed by atoms with Crippen molar-refractivity contribution >= 4 is 5.78 Å². The summed E-state index contributed by atoms with van der Waals surface area (Å²) in [6.07, 6.45) is -0.995. The number of benzene rings is 2. The van der Waals surface area contributed by atoms with Crippen molar-refractivity contribution in [2.45, 2.75) is 6.18 Å². The van der Waals surface area contributed by atoms with E-state index < -0.39 is 11.7 Å². The van der Waals surface area contributed by atoms with Crippen LogP contribution in [0.15, 0.2) is 73.1 Å². The van der Waals surface area contributed by atoms with Gasteiger partial charge < -0.3 is 0 Å². The highest BCUT2D eigenvalue weighted by Crippen LogP contribution is 2.32. The molecule has 25 heavy (non-hydrogen) atoms. The van der Waals surface area contributed by atoms with Crippen LogP contribution in [0.1, 0.15) is 5.56 Å². The Bertz CT molecular complexity index is 1020. The van der Waals surface area contributed by atoms with Crippen LogP contribution in [0.25, 0.3) is 28.3 Å². The molecule has 0 atom stereocenters. The number of alkyl halides is 3. The lowest BCUT2D eigenvalue weighted by molar-refractivity contribution is -0.137. The molecule has 2 aromatic heterocycles. The lowest BCUT2D eigenvalue weighted by Crippen LogP contribution is -2.04. The van der Waals surface area contributed by atoms with Crippen LogP contribution >= 0.6 is 0 Å². The Morgan fingerprint density at radius 2 is 1.56 bits per heavy atom. The summed E-state index contributed by atoms with van der Waals surface area (Å²) in [4.78, 5) is 8.74. The molecule has 4 aromatic rings. The number of hydrogen-bond acceptors (Lipinski definition) is 2. The maximum Gasteiger partial charge on any atom is 0.416 e. The first kappa shape index (κ1) is 15.4. The zero-order valence-electron chi connectivity index (χ0n) is 12.9. The molecule has 0 saturated heterocycles. The summed E-state index contributed by atoms with van der Waals surface area (Å²) >= 11 is 0. The Morgan fingerprint density at radius 1 is 0.840 bits per heavy atom. The smallest absolute Gasteiger partial charge is 0.284 e. The highest BCUT2D eigenvalue weighted by atomic mass is 19.4. The second-order valence-corrected chi connectivity index (χ2v) is 5.57. The Labute approximate surface area is 141 Å². The molecular formula is C19H12F3N3. The van der Waals surface area contributed by atoms with E-state index in [0.29, 0.717) is 17.0 Å². The first-order valence-corrected chi connectivity index (χ1v) is 7.59. The molecule has 0 aliphatic rings. The molecule has 0 unspecified atom stereocenters. The molecule has 0 fully saturated rings. The van der Waals surface area contributed by atoms with Gasteiger partial charge in [-0.15, -0.1) is 0 Å². The number of halogens is 3. The van der Waals surface area contributed by atoms with Gasteiger partial charge in [-0.05, 0) is 23.8 Å². The Kier molecular flexibility index (Phi) is 3.53. The topological polar surface area (TPSA) is 30.2 Å². The summed E-state index contributed by atoms with van der Waals surface area (Å²) in [5, 5.41) is 0. The van der Waals surface area contributed by atoms with E-state index in [1.807, 2.05) is 36.4 Å². The molecule has 0 bridgehead atoms. The van der Waals surface area contributed by atoms with Gasteiger partial charge in [-0.25, -0.2) is 9.97 Å². The predicted octanol–water partition coefficient (Wildman–Crippen LogP) is 5.08. The van der Waals surface area contributed by atoms with Crippen molar-refractivity contribution in [1.82, 2.24) is 14.4 Å². The summed E-state index contributed by atoms with van der Waals surface area (Å²) in [6.45, 7) is 0. The molecule has 2 heterocycles. The minimum Gasteiger partial charge on any atom is -0.284 e. The zero-order chi connectivity index (χ0) is 17.4. The molecule has 0 spiro atoms. The second-order valence-electron chi connectivity index (χ2n) is 5.57. The number of nitrogens with zero attached hydrogens (tertiary/aromatic N) is 3. The molecule has 2 aromatic carbocycles. The molecule has 0 saturated carbocycles. The number of rotatable bonds is 2. The van der Waals surface area contributed by atoms with Gasteiger partial charge in [0.2, 0.25) is 5.78 Å². The fourth-order valence-electron chi connectivity index (χ4n) is 2.71. The number of imidazole rings is 1. The van der Waals surface area contributed by atoms with E-state index in [-0.39, 0.29) is 0 Å². The number of fused-ring (bicyclic) bond motifs is 1. The Hall–Kier alpha value is -3.15. The van der Waals surface area contributed by atoms with Crippen molar-refractivity contribution in [3.05, 3.63) is 78.6 Å². The van der Waals surface area contributed by atoms with Crippen molar-refractivity contribution < 1.29 is 13.2 Å². The SMILES string of the molecule is FC(F)(F)c1ccc(-c2cc(-c3ccccc3)nc3nccn23)cc1. The van der Waals surface area contributed by atoms with Crippen LogP contribution in [-0.2, 0) is 6.18 Å². The Morgan fingerprint density at radius 3 is 2.24 bits per heavy atom. The van der Waals surface area contributed by atoms with Crippen LogP contribution in [0.2, 0.25) is 0 Å². The maximum atomic E-state index is 12.8. The van der Waals surface area contributed by atoms with E-state index in [2.05, 4.69) is 9.97 Å². The third-order valence-electron chi connectivity index (χ3n) is 3.95. The lowest BCUT2D eigenvalue weighted by Gasteiger charge is -2.11. The van der Waals surface area contributed by atoms with Crippen LogP contribution in [-0.4, -0.2) is 14.4 Å². The molecule has 4 rings (SSSR count). The van der Waals surface area contributed by atoms with Crippen molar-refractivity contribution in [3.63, 3.8) is 0 Å². The molecule has 6 heteroatoms. The van der Waals surface area contributed by atoms with Crippen LogP contribution < -0.4 is 0 Å². The molecule has 0 aliphatic heterocycles. The van der Waals surface area contributed by atoms with E-state index in [1.54, 1.807) is 16.8 Å². The lowest BCUT2D eigenvalue weighted by atomic mass is 10.1. The molecule has 0 aliphatic carbocycles. The van der Waals surface area contributed by atoms with Crippen molar-refractivity contribution in [2.24, 2.45) is 0 Å². The van der Waals surface area contributed by atoms with E-state index in [1.165, 1.54) is 12.1 Å².